The van der Waals surface area contributed by atoms with Crippen molar-refractivity contribution in [1.29, 1.82) is 0 Å². The van der Waals surface area contributed by atoms with Crippen molar-refractivity contribution >= 4 is 46.6 Å². The monoisotopic (exact) mass is 367 g/mol. The number of rotatable bonds is 4. The highest BCUT2D eigenvalue weighted by Gasteiger charge is 2.25. The fraction of sp³-hybridized carbons (Fsp3) is 0.250. The molecule has 6 nitrogen and oxygen atoms in total. The van der Waals surface area contributed by atoms with Crippen LogP contribution in [0.2, 0.25) is 10.0 Å². The number of aromatic nitrogens is 2. The summed E-state index contributed by atoms with van der Waals surface area (Å²) in [5, 5.41) is 10.1. The molecule has 0 spiro atoms. The summed E-state index contributed by atoms with van der Waals surface area (Å²) in [5.74, 6) is -0.479. The molecule has 0 fully saturated rings. The Morgan fingerprint density at radius 2 is 1.96 bits per heavy atom. The molecule has 24 heavy (non-hydrogen) atoms. The first kappa shape index (κ1) is 16.7. The second kappa shape index (κ2) is 6.37. The normalized spacial score (nSPS) is 13.6. The molecule has 0 saturated heterocycles. The molecule has 0 radical (unpaired) electrons. The molecule has 0 unspecified atom stereocenters. The molecule has 1 aromatic carbocycles. The van der Waals surface area contributed by atoms with Crippen LogP contribution in [0.1, 0.15) is 18.2 Å². The third kappa shape index (κ3) is 3.07. The summed E-state index contributed by atoms with van der Waals surface area (Å²) in [6, 6.07) is 5.28. The molecular weight excluding hydrogens is 353 g/mol. The Hall–Kier alpha value is -2.18. The lowest BCUT2D eigenvalue weighted by Gasteiger charge is -2.29. The van der Waals surface area contributed by atoms with Crippen LogP contribution in [0.25, 0.3) is 11.6 Å². The van der Waals surface area contributed by atoms with Gasteiger partial charge in [0.2, 0.25) is 0 Å². The molecule has 2 heterocycles. The van der Waals surface area contributed by atoms with Gasteiger partial charge in [-0.05, 0) is 42.3 Å². The Labute approximate surface area is 147 Å². The van der Waals surface area contributed by atoms with E-state index in [9.17, 15) is 9.59 Å². The first-order chi connectivity index (χ1) is 11.4. The lowest BCUT2D eigenvalue weighted by molar-refractivity contribution is -0.137. The Kier molecular flexibility index (Phi) is 4.43. The lowest BCUT2D eigenvalue weighted by Crippen LogP contribution is -2.32. The van der Waals surface area contributed by atoms with Crippen LogP contribution in [0.4, 0.5) is 5.82 Å². The Morgan fingerprint density at radius 1 is 1.29 bits per heavy atom. The third-order valence-corrected chi connectivity index (χ3v) is 4.31. The Bertz CT molecular complexity index is 878. The van der Waals surface area contributed by atoms with Gasteiger partial charge in [-0.15, -0.1) is 0 Å². The summed E-state index contributed by atoms with van der Waals surface area (Å²) in [6.45, 7) is 2.71. The van der Waals surface area contributed by atoms with Gasteiger partial charge in [0.05, 0.1) is 5.69 Å². The predicted molar refractivity (Wildman–Crippen MR) is 94.9 cm³/mol. The highest BCUT2D eigenvalue weighted by Crippen LogP contribution is 2.33. The standard InChI is InChI=1S/C16H15Cl2N3O3/c1-2-20-7-10(9-3-11(17)6-12(18)4-9)5-13-15(20)21(8-14(22)23)16(24)19-13/h3-6H,2,7-8H2,1H3,(H,19,24)(H,22,23). The van der Waals surface area contributed by atoms with Crippen molar-refractivity contribution in [3.63, 3.8) is 0 Å². The summed E-state index contributed by atoms with van der Waals surface area (Å²) < 4.78 is 1.24. The minimum Gasteiger partial charge on any atom is -0.480 e. The zero-order valence-electron chi connectivity index (χ0n) is 12.8. The number of likely N-dealkylation sites (N-methyl/N-ethyl adjacent to an activating group) is 1. The maximum Gasteiger partial charge on any atom is 0.328 e. The number of anilines is 1. The van der Waals surface area contributed by atoms with E-state index in [1.807, 2.05) is 30.0 Å². The molecular formula is C16H15Cl2N3O3. The number of aliphatic carboxylic acids is 1. The minimum absolute atomic E-state index is 0.382. The Balaban J connectivity index is 2.13. The van der Waals surface area contributed by atoms with Crippen molar-refractivity contribution in [2.24, 2.45) is 0 Å². The molecule has 1 aromatic heterocycles. The van der Waals surface area contributed by atoms with E-state index < -0.39 is 11.7 Å². The molecule has 2 aromatic rings. The van der Waals surface area contributed by atoms with Crippen LogP contribution in [0.15, 0.2) is 23.0 Å². The number of nitrogens with zero attached hydrogens (tertiary/aromatic N) is 2. The largest absolute Gasteiger partial charge is 0.480 e. The second-order valence-electron chi connectivity index (χ2n) is 5.49. The number of aromatic amines is 1. The zero-order chi connectivity index (χ0) is 17.4. The average molecular weight is 368 g/mol. The number of carboxylic acid groups (broad SMARTS) is 1. The smallest absolute Gasteiger partial charge is 0.328 e. The average Bonchev–Trinajstić information content (AvgIpc) is 2.80. The van der Waals surface area contributed by atoms with E-state index in [-0.39, 0.29) is 6.54 Å². The molecule has 0 aliphatic carbocycles. The van der Waals surface area contributed by atoms with Crippen LogP contribution in [0.5, 0.6) is 0 Å². The molecule has 0 saturated carbocycles. The van der Waals surface area contributed by atoms with E-state index >= 15 is 0 Å². The third-order valence-electron chi connectivity index (χ3n) is 3.87. The van der Waals surface area contributed by atoms with Crippen LogP contribution in [0, 0.1) is 0 Å². The highest BCUT2D eigenvalue weighted by atomic mass is 35.5. The maximum atomic E-state index is 12.1. The first-order valence-electron chi connectivity index (χ1n) is 7.35. The number of halogens is 2. The molecule has 0 bridgehead atoms. The number of imidazole rings is 1. The number of hydrogen-bond donors (Lipinski definition) is 2. The van der Waals surface area contributed by atoms with Crippen LogP contribution in [-0.4, -0.2) is 33.7 Å². The molecule has 8 heteroatoms. The highest BCUT2D eigenvalue weighted by molar-refractivity contribution is 6.35. The fourth-order valence-electron chi connectivity index (χ4n) is 2.88. The zero-order valence-corrected chi connectivity index (χ0v) is 14.4. The van der Waals surface area contributed by atoms with Gasteiger partial charge < -0.3 is 15.0 Å². The topological polar surface area (TPSA) is 78.3 Å². The lowest BCUT2D eigenvalue weighted by atomic mass is 10.0. The first-order valence-corrected chi connectivity index (χ1v) is 8.11. The second-order valence-corrected chi connectivity index (χ2v) is 6.36. The van der Waals surface area contributed by atoms with Gasteiger partial charge in [-0.2, -0.15) is 0 Å². The molecule has 2 N–H and O–H groups in total. The van der Waals surface area contributed by atoms with Crippen LogP contribution in [-0.2, 0) is 11.3 Å². The van der Waals surface area contributed by atoms with E-state index in [0.717, 1.165) is 11.1 Å². The van der Waals surface area contributed by atoms with Crippen LogP contribution in [0.3, 0.4) is 0 Å². The fourth-order valence-corrected chi connectivity index (χ4v) is 3.41. The van der Waals surface area contributed by atoms with Gasteiger partial charge >= 0.3 is 11.7 Å². The summed E-state index contributed by atoms with van der Waals surface area (Å²) in [5.41, 5.74) is 1.95. The summed E-state index contributed by atoms with van der Waals surface area (Å²) in [7, 11) is 0. The van der Waals surface area contributed by atoms with Gasteiger partial charge in [0.1, 0.15) is 12.4 Å². The van der Waals surface area contributed by atoms with Crippen molar-refractivity contribution < 1.29 is 9.90 Å². The molecule has 3 rings (SSSR count). The molecule has 1 aliphatic rings. The van der Waals surface area contributed by atoms with Gasteiger partial charge in [-0.1, -0.05) is 23.2 Å². The maximum absolute atomic E-state index is 12.1. The Morgan fingerprint density at radius 3 is 2.54 bits per heavy atom. The number of carbonyl (C=O) groups is 1. The minimum atomic E-state index is -1.06. The van der Waals surface area contributed by atoms with E-state index in [0.29, 0.717) is 34.6 Å². The van der Waals surface area contributed by atoms with Gasteiger partial charge in [0, 0.05) is 23.1 Å². The van der Waals surface area contributed by atoms with Gasteiger partial charge in [-0.25, -0.2) is 4.79 Å². The van der Waals surface area contributed by atoms with Crippen molar-refractivity contribution in [3.8, 4) is 0 Å². The van der Waals surface area contributed by atoms with Crippen molar-refractivity contribution in [1.82, 2.24) is 9.55 Å². The van der Waals surface area contributed by atoms with Crippen molar-refractivity contribution in [2.45, 2.75) is 13.5 Å². The molecule has 0 atom stereocenters. The summed E-state index contributed by atoms with van der Waals surface area (Å²) >= 11 is 12.1. The number of carboxylic acids is 1. The summed E-state index contributed by atoms with van der Waals surface area (Å²) in [6.07, 6.45) is 1.84. The molecule has 126 valence electrons. The quantitative estimate of drug-likeness (QED) is 0.870. The predicted octanol–water partition coefficient (Wildman–Crippen LogP) is 2.95. The number of H-pyrrole nitrogens is 1. The van der Waals surface area contributed by atoms with E-state index in [2.05, 4.69) is 4.98 Å². The van der Waals surface area contributed by atoms with Crippen molar-refractivity contribution in [3.05, 3.63) is 50.0 Å². The number of benzene rings is 1. The van der Waals surface area contributed by atoms with Gasteiger partial charge in [-0.3, -0.25) is 9.36 Å². The number of hydrogen-bond acceptors (Lipinski definition) is 3. The number of nitrogens with one attached hydrogen (secondary N) is 1. The van der Waals surface area contributed by atoms with E-state index in [4.69, 9.17) is 28.3 Å². The van der Waals surface area contributed by atoms with Gasteiger partial charge in [0.25, 0.3) is 0 Å². The van der Waals surface area contributed by atoms with Crippen molar-refractivity contribution in [2.75, 3.05) is 18.0 Å². The molecule has 0 amide bonds. The molecule has 1 aliphatic heterocycles. The van der Waals surface area contributed by atoms with Crippen LogP contribution < -0.4 is 10.6 Å². The SMILES string of the molecule is CCN1CC(c2cc(Cl)cc(Cl)c2)=Cc2[nH]c(=O)n(CC(=O)O)c21. The van der Waals surface area contributed by atoms with E-state index in [1.165, 1.54) is 4.57 Å². The van der Waals surface area contributed by atoms with Crippen LogP contribution >= 0.6 is 23.2 Å². The number of fused-ring (bicyclic) bond motifs is 1. The van der Waals surface area contributed by atoms with E-state index in [1.54, 1.807) is 6.07 Å². The summed E-state index contributed by atoms with van der Waals surface area (Å²) in [4.78, 5) is 27.8. The van der Waals surface area contributed by atoms with Gasteiger partial charge in [0.15, 0.2) is 0 Å².